The minimum Gasteiger partial charge on any atom is -0.481 e. The van der Waals surface area contributed by atoms with Crippen LogP contribution < -0.4 is 0 Å². The van der Waals surface area contributed by atoms with E-state index < -0.39 is 22.9 Å². The molecule has 11 atom stereocenters. The van der Waals surface area contributed by atoms with Gasteiger partial charge in [0.05, 0.1) is 18.1 Å². The van der Waals surface area contributed by atoms with E-state index in [1.165, 1.54) is 5.57 Å². The van der Waals surface area contributed by atoms with Crippen LogP contribution in [-0.2, 0) is 4.79 Å². The lowest BCUT2D eigenvalue weighted by atomic mass is 9.32. The molecule has 0 heterocycles. The predicted octanol–water partition coefficient (Wildman–Crippen LogP) is 6.06. The van der Waals surface area contributed by atoms with E-state index in [2.05, 4.69) is 41.2 Å². The Morgan fingerprint density at radius 1 is 0.882 bits per heavy atom. The topological polar surface area (TPSA) is 77.8 Å². The summed E-state index contributed by atoms with van der Waals surface area (Å²) in [4.78, 5) is 12.8. The van der Waals surface area contributed by atoms with Crippen LogP contribution in [0.15, 0.2) is 12.2 Å². The standard InChI is InChI=1S/C30H48O4/c1-18(2)19-9-14-30(25(33)34)16-15-28(5)20(24(19)30)7-8-22-26(3)12-11-23(32)27(4,17-31)21(26)10-13-29(22,28)6/h19-24,31-32H,1,7-17H2,2-6H3,(H,33,34)/t19-,20?,21?,22?,23+,24?,26-,27+,28+,29+,30-/m0/s1. The molecule has 0 aromatic rings. The second kappa shape index (κ2) is 7.57. The predicted molar refractivity (Wildman–Crippen MR) is 134 cm³/mol. The first-order valence-corrected chi connectivity index (χ1v) is 14.0. The van der Waals surface area contributed by atoms with Crippen LogP contribution in [0, 0.1) is 56.7 Å². The Hall–Kier alpha value is -0.870. The first kappa shape index (κ1) is 24.8. The number of allylic oxidation sites excluding steroid dienone is 1. The molecule has 4 heteroatoms. The van der Waals surface area contributed by atoms with Crippen LogP contribution in [0.4, 0.5) is 0 Å². The number of aliphatic carboxylic acids is 1. The number of hydrogen-bond donors (Lipinski definition) is 3. The van der Waals surface area contributed by atoms with E-state index in [1.807, 2.05) is 0 Å². The Labute approximate surface area is 206 Å². The lowest BCUT2D eigenvalue weighted by Gasteiger charge is -2.72. The summed E-state index contributed by atoms with van der Waals surface area (Å²) in [6.07, 6.45) is 9.43. The zero-order valence-electron chi connectivity index (χ0n) is 22.2. The van der Waals surface area contributed by atoms with Gasteiger partial charge in [0.15, 0.2) is 0 Å². The number of aliphatic hydroxyl groups excluding tert-OH is 2. The summed E-state index contributed by atoms with van der Waals surface area (Å²) < 4.78 is 0. The zero-order valence-corrected chi connectivity index (χ0v) is 22.2. The van der Waals surface area contributed by atoms with Crippen molar-refractivity contribution < 1.29 is 20.1 Å². The molecule has 5 aliphatic rings. The molecule has 5 saturated carbocycles. The monoisotopic (exact) mass is 472 g/mol. The van der Waals surface area contributed by atoms with Crippen molar-refractivity contribution in [3.05, 3.63) is 12.2 Å². The number of carbonyl (C=O) groups is 1. The summed E-state index contributed by atoms with van der Waals surface area (Å²) in [5, 5.41) is 31.8. The second-order valence-corrected chi connectivity index (χ2v) is 14.4. The highest BCUT2D eigenvalue weighted by atomic mass is 16.4. The molecule has 4 unspecified atom stereocenters. The maximum Gasteiger partial charge on any atom is 0.309 e. The van der Waals surface area contributed by atoms with Crippen LogP contribution in [0.25, 0.3) is 0 Å². The smallest absolute Gasteiger partial charge is 0.309 e. The molecule has 4 nitrogen and oxygen atoms in total. The minimum atomic E-state index is -0.567. The quantitative estimate of drug-likeness (QED) is 0.436. The lowest BCUT2D eigenvalue weighted by molar-refractivity contribution is -0.254. The SMILES string of the molecule is C=C(C)[C@@H]1CC[C@]2(C(=O)O)CC[C@]3(C)C(CCC4[C@@]5(C)CC[C@@H](O)[C@](C)(CO)C5CC[C@]43C)C12. The van der Waals surface area contributed by atoms with Gasteiger partial charge in [0, 0.05) is 5.41 Å². The number of aliphatic hydroxyl groups is 2. The minimum absolute atomic E-state index is 0.0568. The average molecular weight is 473 g/mol. The Kier molecular flexibility index (Phi) is 5.52. The first-order chi connectivity index (χ1) is 15.8. The molecule has 5 rings (SSSR count). The first-order valence-electron chi connectivity index (χ1n) is 14.0. The van der Waals surface area contributed by atoms with E-state index in [4.69, 9.17) is 0 Å². The molecule has 0 saturated heterocycles. The van der Waals surface area contributed by atoms with E-state index in [0.29, 0.717) is 23.7 Å². The molecule has 192 valence electrons. The Bertz CT molecular complexity index is 883. The van der Waals surface area contributed by atoms with Crippen molar-refractivity contribution >= 4 is 5.97 Å². The molecule has 3 N–H and O–H groups in total. The fourth-order valence-electron chi connectivity index (χ4n) is 11.5. The summed E-state index contributed by atoms with van der Waals surface area (Å²) in [7, 11) is 0. The van der Waals surface area contributed by atoms with Crippen molar-refractivity contribution in [2.45, 2.75) is 105 Å². The molecule has 0 bridgehead atoms. The number of hydrogen-bond acceptors (Lipinski definition) is 3. The van der Waals surface area contributed by atoms with Gasteiger partial charge in [0.1, 0.15) is 0 Å². The van der Waals surface area contributed by atoms with Gasteiger partial charge in [-0.2, -0.15) is 0 Å². The number of rotatable bonds is 3. The van der Waals surface area contributed by atoms with Gasteiger partial charge >= 0.3 is 5.97 Å². The molecule has 5 aliphatic carbocycles. The van der Waals surface area contributed by atoms with Crippen LogP contribution in [0.3, 0.4) is 0 Å². The maximum absolute atomic E-state index is 12.8. The molecule has 0 aromatic carbocycles. The fraction of sp³-hybridized carbons (Fsp3) is 0.900. The van der Waals surface area contributed by atoms with Gasteiger partial charge in [-0.25, -0.2) is 0 Å². The Morgan fingerprint density at radius 3 is 2.21 bits per heavy atom. The summed E-state index contributed by atoms with van der Waals surface area (Å²) >= 11 is 0. The molecule has 0 amide bonds. The van der Waals surface area contributed by atoms with Crippen molar-refractivity contribution in [3.8, 4) is 0 Å². The van der Waals surface area contributed by atoms with Gasteiger partial charge in [-0.3, -0.25) is 4.79 Å². The van der Waals surface area contributed by atoms with Crippen LogP contribution >= 0.6 is 0 Å². The van der Waals surface area contributed by atoms with Gasteiger partial charge in [0.25, 0.3) is 0 Å². The molecule has 0 radical (unpaired) electrons. The van der Waals surface area contributed by atoms with E-state index in [-0.39, 0.29) is 28.8 Å². The fourth-order valence-corrected chi connectivity index (χ4v) is 11.5. The molecule has 0 spiro atoms. The molecular weight excluding hydrogens is 424 g/mol. The van der Waals surface area contributed by atoms with E-state index in [0.717, 1.165) is 64.2 Å². The second-order valence-electron chi connectivity index (χ2n) is 14.4. The van der Waals surface area contributed by atoms with Gasteiger partial charge in [0.2, 0.25) is 0 Å². The molecule has 5 fully saturated rings. The van der Waals surface area contributed by atoms with Crippen LogP contribution in [0.1, 0.15) is 98.8 Å². The highest BCUT2D eigenvalue weighted by Gasteiger charge is 2.72. The highest BCUT2D eigenvalue weighted by Crippen LogP contribution is 2.77. The number of carboxylic acid groups (broad SMARTS) is 1. The van der Waals surface area contributed by atoms with Gasteiger partial charge < -0.3 is 15.3 Å². The maximum atomic E-state index is 12.8. The summed E-state index contributed by atoms with van der Waals surface area (Å²) in [6.45, 7) is 16.2. The van der Waals surface area contributed by atoms with Gasteiger partial charge in [-0.15, -0.1) is 0 Å². The highest BCUT2D eigenvalue weighted by molar-refractivity contribution is 5.76. The number of carboxylic acids is 1. The normalized spacial score (nSPS) is 56.6. The van der Waals surface area contributed by atoms with Crippen molar-refractivity contribution in [3.63, 3.8) is 0 Å². The number of fused-ring (bicyclic) bond motifs is 7. The van der Waals surface area contributed by atoms with Crippen LogP contribution in [-0.4, -0.2) is 34.0 Å². The zero-order chi connectivity index (χ0) is 24.9. The van der Waals surface area contributed by atoms with Crippen molar-refractivity contribution in [2.24, 2.45) is 56.7 Å². The van der Waals surface area contributed by atoms with Crippen molar-refractivity contribution in [1.29, 1.82) is 0 Å². The summed E-state index contributed by atoms with van der Waals surface area (Å²) in [5.74, 6) is 1.30. The molecular formula is C30H48O4. The average Bonchev–Trinajstić information content (AvgIpc) is 3.18. The Morgan fingerprint density at radius 2 is 1.59 bits per heavy atom. The lowest BCUT2D eigenvalue weighted by Crippen LogP contribution is -2.67. The van der Waals surface area contributed by atoms with E-state index >= 15 is 0 Å². The van der Waals surface area contributed by atoms with E-state index in [9.17, 15) is 20.1 Å². The van der Waals surface area contributed by atoms with Gasteiger partial charge in [-0.05, 0) is 117 Å². The van der Waals surface area contributed by atoms with Crippen LogP contribution in [0.2, 0.25) is 0 Å². The largest absolute Gasteiger partial charge is 0.481 e. The molecule has 0 aromatic heterocycles. The molecule has 34 heavy (non-hydrogen) atoms. The molecule has 0 aliphatic heterocycles. The summed E-state index contributed by atoms with van der Waals surface area (Å²) in [5.41, 5.74) is 0.586. The van der Waals surface area contributed by atoms with Gasteiger partial charge in [-0.1, -0.05) is 39.8 Å². The van der Waals surface area contributed by atoms with Crippen LogP contribution in [0.5, 0.6) is 0 Å². The summed E-state index contributed by atoms with van der Waals surface area (Å²) in [6, 6.07) is 0. The Balaban J connectivity index is 1.56. The van der Waals surface area contributed by atoms with Crippen molar-refractivity contribution in [2.75, 3.05) is 6.61 Å². The van der Waals surface area contributed by atoms with Crippen molar-refractivity contribution in [1.82, 2.24) is 0 Å². The third kappa shape index (κ3) is 2.76. The van der Waals surface area contributed by atoms with E-state index in [1.54, 1.807) is 0 Å². The third-order valence-electron chi connectivity index (χ3n) is 13.6. The third-order valence-corrected chi connectivity index (χ3v) is 13.6.